The van der Waals surface area contributed by atoms with Gasteiger partial charge in [-0.1, -0.05) is 11.6 Å². The van der Waals surface area contributed by atoms with Gasteiger partial charge in [0.1, 0.15) is 0 Å². The second-order valence-electron chi connectivity index (χ2n) is 5.87. The van der Waals surface area contributed by atoms with Gasteiger partial charge in [-0.25, -0.2) is 13.2 Å². The van der Waals surface area contributed by atoms with Crippen LogP contribution in [0.15, 0.2) is 17.0 Å². The minimum absolute atomic E-state index is 0.0256. The number of carbonyl (C=O) groups is 1. The van der Waals surface area contributed by atoms with Crippen molar-refractivity contribution in [2.75, 3.05) is 6.54 Å². The Bertz CT molecular complexity index is 697. The standard InChI is InChI=1S/C14H18ClNO4S/c1-9-11(13(17)18)7-10(15)8-12(9)21(19,20)16-6-4-5-14(16,2)3/h7-8H,4-6H2,1-3H3,(H,17,18). The van der Waals surface area contributed by atoms with Crippen molar-refractivity contribution in [2.24, 2.45) is 0 Å². The summed E-state index contributed by atoms with van der Waals surface area (Å²) >= 11 is 5.90. The highest BCUT2D eigenvalue weighted by Crippen LogP contribution is 2.36. The molecule has 0 saturated carbocycles. The molecule has 1 aromatic rings. The van der Waals surface area contributed by atoms with Gasteiger partial charge in [-0.3, -0.25) is 0 Å². The van der Waals surface area contributed by atoms with Crippen LogP contribution in [-0.2, 0) is 10.0 Å². The fourth-order valence-corrected chi connectivity index (χ4v) is 5.20. The van der Waals surface area contributed by atoms with Crippen molar-refractivity contribution in [1.29, 1.82) is 0 Å². The molecule has 0 radical (unpaired) electrons. The number of rotatable bonds is 3. The fraction of sp³-hybridized carbons (Fsp3) is 0.500. The smallest absolute Gasteiger partial charge is 0.336 e. The fourth-order valence-electron chi connectivity index (χ4n) is 2.79. The Kier molecular flexibility index (Phi) is 4.08. The predicted octanol–water partition coefficient (Wildman–Crippen LogP) is 2.91. The van der Waals surface area contributed by atoms with Crippen LogP contribution in [0.2, 0.25) is 5.02 Å². The molecule has 0 bridgehead atoms. The molecule has 7 heteroatoms. The van der Waals surface area contributed by atoms with E-state index in [0.717, 1.165) is 12.8 Å². The summed E-state index contributed by atoms with van der Waals surface area (Å²) < 4.78 is 27.2. The number of carboxylic acid groups (broad SMARTS) is 1. The molecule has 0 amide bonds. The summed E-state index contributed by atoms with van der Waals surface area (Å²) in [5.41, 5.74) is -0.343. The normalized spacial score (nSPS) is 18.9. The van der Waals surface area contributed by atoms with Crippen LogP contribution in [0.1, 0.15) is 42.6 Å². The van der Waals surface area contributed by atoms with Gasteiger partial charge < -0.3 is 5.11 Å². The van der Waals surface area contributed by atoms with Crippen molar-refractivity contribution >= 4 is 27.6 Å². The van der Waals surface area contributed by atoms with Gasteiger partial charge in [0.2, 0.25) is 10.0 Å². The molecule has 21 heavy (non-hydrogen) atoms. The number of benzene rings is 1. The van der Waals surface area contributed by atoms with Gasteiger partial charge in [0, 0.05) is 17.1 Å². The van der Waals surface area contributed by atoms with E-state index in [4.69, 9.17) is 11.6 Å². The molecule has 116 valence electrons. The summed E-state index contributed by atoms with van der Waals surface area (Å²) in [6.07, 6.45) is 1.56. The van der Waals surface area contributed by atoms with E-state index in [-0.39, 0.29) is 21.0 Å². The highest BCUT2D eigenvalue weighted by Gasteiger charge is 2.41. The van der Waals surface area contributed by atoms with E-state index in [9.17, 15) is 18.3 Å². The van der Waals surface area contributed by atoms with Crippen molar-refractivity contribution in [3.63, 3.8) is 0 Å². The summed E-state index contributed by atoms with van der Waals surface area (Å²) in [7, 11) is -3.77. The van der Waals surface area contributed by atoms with Gasteiger partial charge in [0.25, 0.3) is 0 Å². The largest absolute Gasteiger partial charge is 0.478 e. The first-order chi connectivity index (χ1) is 9.57. The summed E-state index contributed by atoms with van der Waals surface area (Å²) in [5, 5.41) is 9.29. The lowest BCUT2D eigenvalue weighted by molar-refractivity contribution is 0.0696. The second-order valence-corrected chi connectivity index (χ2v) is 8.14. The molecule has 5 nitrogen and oxygen atoms in total. The third-order valence-corrected chi connectivity index (χ3v) is 6.40. The molecular weight excluding hydrogens is 314 g/mol. The SMILES string of the molecule is Cc1c(C(=O)O)cc(Cl)cc1S(=O)(=O)N1CCCC1(C)C. The van der Waals surface area contributed by atoms with Gasteiger partial charge >= 0.3 is 5.97 Å². The summed E-state index contributed by atoms with van der Waals surface area (Å²) in [4.78, 5) is 11.2. The molecule has 0 unspecified atom stereocenters. The van der Waals surface area contributed by atoms with Crippen LogP contribution >= 0.6 is 11.6 Å². The van der Waals surface area contributed by atoms with E-state index < -0.39 is 21.5 Å². The van der Waals surface area contributed by atoms with Gasteiger partial charge in [0.05, 0.1) is 10.5 Å². The highest BCUT2D eigenvalue weighted by molar-refractivity contribution is 7.89. The van der Waals surface area contributed by atoms with E-state index in [1.165, 1.54) is 23.4 Å². The van der Waals surface area contributed by atoms with Crippen LogP contribution in [-0.4, -0.2) is 35.9 Å². The van der Waals surface area contributed by atoms with Crippen molar-refractivity contribution in [3.8, 4) is 0 Å². The van der Waals surface area contributed by atoms with Crippen LogP contribution in [0.5, 0.6) is 0 Å². The Hall–Kier alpha value is -1.11. The maximum Gasteiger partial charge on any atom is 0.336 e. The van der Waals surface area contributed by atoms with Crippen LogP contribution < -0.4 is 0 Å². The number of aromatic carboxylic acids is 1. The monoisotopic (exact) mass is 331 g/mol. The van der Waals surface area contributed by atoms with Gasteiger partial charge in [-0.2, -0.15) is 4.31 Å². The molecule has 1 heterocycles. The average Bonchev–Trinajstić information content (AvgIpc) is 2.71. The Labute approximate surface area is 129 Å². The highest BCUT2D eigenvalue weighted by atomic mass is 35.5. The first kappa shape index (κ1) is 16.3. The molecular formula is C14H18ClNO4S. The summed E-state index contributed by atoms with van der Waals surface area (Å²) in [6.45, 7) is 5.67. The zero-order chi connectivity index (χ0) is 16.0. The van der Waals surface area contributed by atoms with Crippen LogP contribution in [0.25, 0.3) is 0 Å². The van der Waals surface area contributed by atoms with E-state index in [2.05, 4.69) is 0 Å². The Balaban J connectivity index is 2.63. The molecule has 1 aromatic carbocycles. The van der Waals surface area contributed by atoms with Crippen LogP contribution in [0, 0.1) is 6.92 Å². The lowest BCUT2D eigenvalue weighted by Gasteiger charge is -2.31. The first-order valence-electron chi connectivity index (χ1n) is 6.63. The van der Waals surface area contributed by atoms with E-state index in [0.29, 0.717) is 6.54 Å². The number of carboxylic acids is 1. The lowest BCUT2D eigenvalue weighted by atomic mass is 10.0. The van der Waals surface area contributed by atoms with Crippen LogP contribution in [0.3, 0.4) is 0 Å². The maximum atomic E-state index is 12.9. The molecule has 0 aromatic heterocycles. The van der Waals surface area contributed by atoms with Crippen molar-refractivity contribution in [3.05, 3.63) is 28.3 Å². The number of halogens is 1. The number of hydrogen-bond acceptors (Lipinski definition) is 3. The lowest BCUT2D eigenvalue weighted by Crippen LogP contribution is -2.42. The third kappa shape index (κ3) is 2.80. The quantitative estimate of drug-likeness (QED) is 0.924. The van der Waals surface area contributed by atoms with E-state index in [1.807, 2.05) is 13.8 Å². The molecule has 1 saturated heterocycles. The Morgan fingerprint density at radius 3 is 2.48 bits per heavy atom. The molecule has 1 N–H and O–H groups in total. The Morgan fingerprint density at radius 1 is 1.38 bits per heavy atom. The predicted molar refractivity (Wildman–Crippen MR) is 80.4 cm³/mol. The number of sulfonamides is 1. The summed E-state index contributed by atoms with van der Waals surface area (Å²) in [5.74, 6) is -1.19. The molecule has 2 rings (SSSR count). The third-order valence-electron chi connectivity index (χ3n) is 3.95. The zero-order valence-electron chi connectivity index (χ0n) is 12.2. The number of hydrogen-bond donors (Lipinski definition) is 1. The minimum Gasteiger partial charge on any atom is -0.478 e. The van der Waals surface area contributed by atoms with Gasteiger partial charge in [0.15, 0.2) is 0 Å². The molecule has 1 fully saturated rings. The second kappa shape index (κ2) is 5.26. The molecule has 1 aliphatic rings. The summed E-state index contributed by atoms with van der Waals surface area (Å²) in [6, 6.07) is 2.60. The van der Waals surface area contributed by atoms with E-state index in [1.54, 1.807) is 0 Å². The van der Waals surface area contributed by atoms with Crippen LogP contribution in [0.4, 0.5) is 0 Å². The topological polar surface area (TPSA) is 74.7 Å². The Morgan fingerprint density at radius 2 is 2.00 bits per heavy atom. The van der Waals surface area contributed by atoms with Crippen molar-refractivity contribution < 1.29 is 18.3 Å². The maximum absolute atomic E-state index is 12.9. The minimum atomic E-state index is -3.77. The van der Waals surface area contributed by atoms with Gasteiger partial charge in [-0.05, 0) is 51.3 Å². The molecule has 0 atom stereocenters. The van der Waals surface area contributed by atoms with Gasteiger partial charge in [-0.15, -0.1) is 0 Å². The molecule has 1 aliphatic heterocycles. The average molecular weight is 332 g/mol. The molecule has 0 aliphatic carbocycles. The first-order valence-corrected chi connectivity index (χ1v) is 8.45. The van der Waals surface area contributed by atoms with E-state index >= 15 is 0 Å². The number of nitrogens with zero attached hydrogens (tertiary/aromatic N) is 1. The zero-order valence-corrected chi connectivity index (χ0v) is 13.8. The van der Waals surface area contributed by atoms with Crippen molar-refractivity contribution in [2.45, 2.75) is 44.0 Å². The molecule has 0 spiro atoms. The van der Waals surface area contributed by atoms with Crippen molar-refractivity contribution in [1.82, 2.24) is 4.31 Å².